The molecule has 4 nitrogen and oxygen atoms in total. The fourth-order valence-electron chi connectivity index (χ4n) is 2.50. The first kappa shape index (κ1) is 15.8. The summed E-state index contributed by atoms with van der Waals surface area (Å²) >= 11 is 17.9. The zero-order valence-corrected chi connectivity index (χ0v) is 14.0. The van der Waals surface area contributed by atoms with Crippen LogP contribution >= 0.6 is 34.8 Å². The van der Waals surface area contributed by atoms with Crippen LogP contribution in [0.25, 0.3) is 0 Å². The molecule has 116 valence electrons. The lowest BCUT2D eigenvalue weighted by atomic mass is 10.2. The van der Waals surface area contributed by atoms with Crippen molar-refractivity contribution in [1.82, 2.24) is 15.3 Å². The first-order valence-electron chi connectivity index (χ1n) is 7.01. The second kappa shape index (κ2) is 7.01. The second-order valence-corrected chi connectivity index (χ2v) is 6.53. The number of nitrogens with one attached hydrogen (secondary N) is 1. The van der Waals surface area contributed by atoms with Gasteiger partial charge in [-0.05, 0) is 24.1 Å². The van der Waals surface area contributed by atoms with E-state index >= 15 is 0 Å². The average Bonchev–Trinajstić information content (AvgIpc) is 2.96. The molecule has 1 aliphatic rings. The number of rotatable bonds is 4. The Kier molecular flexibility index (Phi) is 5.03. The molecule has 1 atom stereocenters. The van der Waals surface area contributed by atoms with E-state index in [1.165, 1.54) is 0 Å². The molecule has 0 unspecified atom stereocenters. The van der Waals surface area contributed by atoms with E-state index in [0.717, 1.165) is 37.6 Å². The molecule has 22 heavy (non-hydrogen) atoms. The van der Waals surface area contributed by atoms with Gasteiger partial charge in [0.05, 0.1) is 17.4 Å². The van der Waals surface area contributed by atoms with Gasteiger partial charge < -0.3 is 10.2 Å². The maximum absolute atomic E-state index is 6.19. The van der Waals surface area contributed by atoms with Crippen molar-refractivity contribution in [2.45, 2.75) is 19.0 Å². The number of hydrogen-bond donors (Lipinski definition) is 1. The van der Waals surface area contributed by atoms with Crippen LogP contribution in [0.2, 0.25) is 15.1 Å². The Hall–Kier alpha value is -1.07. The first-order chi connectivity index (χ1) is 10.6. The molecule has 0 amide bonds. The fourth-order valence-corrected chi connectivity index (χ4v) is 3.07. The van der Waals surface area contributed by atoms with Gasteiger partial charge in [-0.2, -0.15) is 0 Å². The summed E-state index contributed by atoms with van der Waals surface area (Å²) in [7, 11) is 0. The van der Waals surface area contributed by atoms with Gasteiger partial charge in [-0.15, -0.1) is 0 Å². The molecule has 7 heteroatoms. The van der Waals surface area contributed by atoms with Crippen LogP contribution in [-0.4, -0.2) is 29.1 Å². The Bertz CT molecular complexity index is 648. The van der Waals surface area contributed by atoms with Crippen LogP contribution in [0.4, 0.5) is 5.95 Å². The minimum atomic E-state index is 0.381. The van der Waals surface area contributed by atoms with E-state index in [2.05, 4.69) is 20.2 Å². The number of aromatic nitrogens is 2. The van der Waals surface area contributed by atoms with Crippen molar-refractivity contribution in [3.8, 4) is 0 Å². The van der Waals surface area contributed by atoms with E-state index < -0.39 is 0 Å². The van der Waals surface area contributed by atoms with Gasteiger partial charge in [0.2, 0.25) is 5.95 Å². The molecule has 1 N–H and O–H groups in total. The lowest BCUT2D eigenvalue weighted by Crippen LogP contribution is -2.32. The van der Waals surface area contributed by atoms with Crippen LogP contribution in [0, 0.1) is 0 Å². The predicted molar refractivity (Wildman–Crippen MR) is 91.0 cm³/mol. The maximum atomic E-state index is 6.19. The molecule has 1 fully saturated rings. The third-order valence-corrected chi connectivity index (χ3v) is 4.46. The van der Waals surface area contributed by atoms with Crippen LogP contribution in [-0.2, 0) is 6.54 Å². The van der Waals surface area contributed by atoms with E-state index in [4.69, 9.17) is 34.8 Å². The van der Waals surface area contributed by atoms with Crippen molar-refractivity contribution in [1.29, 1.82) is 0 Å². The molecule has 0 radical (unpaired) electrons. The fraction of sp³-hybridized carbons (Fsp3) is 0.333. The second-order valence-electron chi connectivity index (χ2n) is 5.25. The number of hydrogen-bond acceptors (Lipinski definition) is 4. The Morgan fingerprint density at radius 2 is 1.91 bits per heavy atom. The Morgan fingerprint density at radius 3 is 2.64 bits per heavy atom. The van der Waals surface area contributed by atoms with E-state index in [1.807, 2.05) is 12.1 Å². The van der Waals surface area contributed by atoms with Crippen molar-refractivity contribution in [3.63, 3.8) is 0 Å². The third-order valence-electron chi connectivity index (χ3n) is 3.67. The summed E-state index contributed by atoms with van der Waals surface area (Å²) in [5.41, 5.74) is 1.05. The highest BCUT2D eigenvalue weighted by atomic mass is 35.5. The molecule has 0 saturated carbocycles. The van der Waals surface area contributed by atoms with Gasteiger partial charge in [0.25, 0.3) is 0 Å². The van der Waals surface area contributed by atoms with Gasteiger partial charge in [-0.3, -0.25) is 0 Å². The van der Waals surface area contributed by atoms with Gasteiger partial charge in [0.1, 0.15) is 0 Å². The van der Waals surface area contributed by atoms with Crippen LogP contribution in [0.1, 0.15) is 12.0 Å². The highest BCUT2D eigenvalue weighted by Crippen LogP contribution is 2.22. The van der Waals surface area contributed by atoms with Crippen LogP contribution in [0.3, 0.4) is 0 Å². The first-order valence-corrected chi connectivity index (χ1v) is 8.15. The summed E-state index contributed by atoms with van der Waals surface area (Å²) in [4.78, 5) is 10.7. The Labute approximate surface area is 144 Å². The normalized spacial score (nSPS) is 18.0. The van der Waals surface area contributed by atoms with Crippen molar-refractivity contribution in [2.24, 2.45) is 0 Å². The average molecular weight is 358 g/mol. The third kappa shape index (κ3) is 3.82. The summed E-state index contributed by atoms with van der Waals surface area (Å²) in [5, 5.41) is 5.41. The van der Waals surface area contributed by atoms with Crippen molar-refractivity contribution in [3.05, 3.63) is 51.2 Å². The highest BCUT2D eigenvalue weighted by Gasteiger charge is 2.23. The topological polar surface area (TPSA) is 41.1 Å². The number of nitrogens with zero attached hydrogens (tertiary/aromatic N) is 3. The minimum absolute atomic E-state index is 0.381. The largest absolute Gasteiger partial charge is 0.339 e. The van der Waals surface area contributed by atoms with E-state index in [1.54, 1.807) is 18.5 Å². The summed E-state index contributed by atoms with van der Waals surface area (Å²) in [6.07, 6.45) is 4.29. The van der Waals surface area contributed by atoms with Crippen molar-refractivity contribution >= 4 is 40.8 Å². The predicted octanol–water partition coefficient (Wildman–Crippen LogP) is 3.81. The summed E-state index contributed by atoms with van der Waals surface area (Å²) in [6, 6.07) is 5.95. The van der Waals surface area contributed by atoms with Crippen LogP contribution in [0.5, 0.6) is 0 Å². The number of halogens is 3. The van der Waals surface area contributed by atoms with Crippen molar-refractivity contribution < 1.29 is 0 Å². The van der Waals surface area contributed by atoms with E-state index in [9.17, 15) is 0 Å². The Balaban J connectivity index is 1.56. The quantitative estimate of drug-likeness (QED) is 0.903. The summed E-state index contributed by atoms with van der Waals surface area (Å²) in [5.74, 6) is 0.721. The molecule has 2 heterocycles. The lowest BCUT2D eigenvalue weighted by molar-refractivity contribution is 0.551. The number of benzene rings is 1. The highest BCUT2D eigenvalue weighted by molar-refractivity contribution is 6.35. The van der Waals surface area contributed by atoms with Gasteiger partial charge in [0, 0.05) is 35.7 Å². The smallest absolute Gasteiger partial charge is 0.225 e. The molecule has 0 aliphatic carbocycles. The summed E-state index contributed by atoms with van der Waals surface area (Å²) in [6.45, 7) is 2.51. The van der Waals surface area contributed by atoms with Gasteiger partial charge >= 0.3 is 0 Å². The Morgan fingerprint density at radius 1 is 1.14 bits per heavy atom. The number of anilines is 1. The van der Waals surface area contributed by atoms with Gasteiger partial charge in [-0.25, -0.2) is 9.97 Å². The van der Waals surface area contributed by atoms with Crippen LogP contribution in [0.15, 0.2) is 30.6 Å². The van der Waals surface area contributed by atoms with E-state index in [-0.39, 0.29) is 0 Å². The van der Waals surface area contributed by atoms with Gasteiger partial charge in [0.15, 0.2) is 0 Å². The molecule has 3 rings (SSSR count). The maximum Gasteiger partial charge on any atom is 0.225 e. The molecule has 1 aromatic carbocycles. The molecule has 0 bridgehead atoms. The SMILES string of the molecule is Clc1cnc(N2CC[C@H](NCc3ccc(Cl)cc3Cl)C2)nc1. The molecule has 1 aromatic heterocycles. The molecule has 2 aromatic rings. The monoisotopic (exact) mass is 356 g/mol. The van der Waals surface area contributed by atoms with Gasteiger partial charge in [-0.1, -0.05) is 40.9 Å². The standard InChI is InChI=1S/C15H15Cl3N4/c16-11-2-1-10(14(18)5-11)6-19-13-3-4-22(9-13)15-20-7-12(17)8-21-15/h1-2,5,7-8,13,19H,3-4,6,9H2/t13-/m0/s1. The van der Waals surface area contributed by atoms with Crippen LogP contribution < -0.4 is 10.2 Å². The lowest BCUT2D eigenvalue weighted by Gasteiger charge is -2.17. The molecular weight excluding hydrogens is 343 g/mol. The molecule has 1 saturated heterocycles. The molecular formula is C15H15Cl3N4. The molecule has 0 spiro atoms. The van der Waals surface area contributed by atoms with Crippen molar-refractivity contribution in [2.75, 3.05) is 18.0 Å². The minimum Gasteiger partial charge on any atom is -0.339 e. The zero-order chi connectivity index (χ0) is 15.5. The molecule has 1 aliphatic heterocycles. The summed E-state index contributed by atoms with van der Waals surface area (Å²) < 4.78 is 0. The van der Waals surface area contributed by atoms with E-state index in [0.29, 0.717) is 21.1 Å². The zero-order valence-electron chi connectivity index (χ0n) is 11.8.